The van der Waals surface area contributed by atoms with Gasteiger partial charge >= 0.3 is 0 Å². The maximum Gasteiger partial charge on any atom is 0.215 e. The van der Waals surface area contributed by atoms with Crippen LogP contribution in [0.5, 0.6) is 0 Å². The first-order valence-electron chi connectivity index (χ1n) is 5.55. The lowest BCUT2D eigenvalue weighted by atomic mass is 10.1. The summed E-state index contributed by atoms with van der Waals surface area (Å²) in [7, 11) is -1.40. The first kappa shape index (κ1) is 14.9. The lowest BCUT2D eigenvalue weighted by Gasteiger charge is -2.18. The molecular formula is C10H24N2O2S. The van der Waals surface area contributed by atoms with E-state index in [1.165, 1.54) is 4.31 Å². The maximum atomic E-state index is 11.7. The standard InChI is InChI=1S/C10H24N2O2S/c1-5-11-7-9-15(13,14)12(4)8-6-10(2)3/h10-11H,5-9H2,1-4H3. The molecule has 0 aliphatic carbocycles. The zero-order valence-corrected chi connectivity index (χ0v) is 11.1. The van der Waals surface area contributed by atoms with E-state index in [1.807, 2.05) is 6.92 Å². The molecule has 0 unspecified atom stereocenters. The number of hydrogen-bond acceptors (Lipinski definition) is 3. The van der Waals surface area contributed by atoms with Gasteiger partial charge in [0, 0.05) is 20.1 Å². The van der Waals surface area contributed by atoms with Crippen LogP contribution in [0.15, 0.2) is 0 Å². The van der Waals surface area contributed by atoms with Crippen molar-refractivity contribution in [1.82, 2.24) is 9.62 Å². The van der Waals surface area contributed by atoms with Gasteiger partial charge in [-0.3, -0.25) is 0 Å². The van der Waals surface area contributed by atoms with Crippen molar-refractivity contribution in [2.24, 2.45) is 5.92 Å². The van der Waals surface area contributed by atoms with Gasteiger partial charge < -0.3 is 5.32 Å². The van der Waals surface area contributed by atoms with Gasteiger partial charge in [-0.15, -0.1) is 0 Å². The van der Waals surface area contributed by atoms with Crippen LogP contribution in [0.4, 0.5) is 0 Å². The third-order valence-electron chi connectivity index (χ3n) is 2.28. The summed E-state index contributed by atoms with van der Waals surface area (Å²) >= 11 is 0. The van der Waals surface area contributed by atoms with E-state index in [1.54, 1.807) is 7.05 Å². The van der Waals surface area contributed by atoms with Crippen molar-refractivity contribution >= 4 is 10.0 Å². The molecule has 0 spiro atoms. The minimum Gasteiger partial charge on any atom is -0.316 e. The van der Waals surface area contributed by atoms with Crippen molar-refractivity contribution in [3.8, 4) is 0 Å². The molecular weight excluding hydrogens is 212 g/mol. The maximum absolute atomic E-state index is 11.7. The Balaban J connectivity index is 3.97. The van der Waals surface area contributed by atoms with Crippen LogP contribution in [-0.2, 0) is 10.0 Å². The van der Waals surface area contributed by atoms with Gasteiger partial charge in [0.1, 0.15) is 0 Å². The van der Waals surface area contributed by atoms with Crippen LogP contribution >= 0.6 is 0 Å². The summed E-state index contributed by atoms with van der Waals surface area (Å²) in [6, 6.07) is 0. The second kappa shape index (κ2) is 7.19. The van der Waals surface area contributed by atoms with Gasteiger partial charge in [-0.25, -0.2) is 12.7 Å². The van der Waals surface area contributed by atoms with Gasteiger partial charge in [0.25, 0.3) is 0 Å². The topological polar surface area (TPSA) is 49.4 Å². The quantitative estimate of drug-likeness (QED) is 0.637. The fourth-order valence-electron chi connectivity index (χ4n) is 1.11. The Morgan fingerprint density at radius 2 is 1.93 bits per heavy atom. The van der Waals surface area contributed by atoms with Crippen LogP contribution in [0.2, 0.25) is 0 Å². The molecule has 15 heavy (non-hydrogen) atoms. The third kappa shape index (κ3) is 6.87. The molecule has 1 N–H and O–H groups in total. The highest BCUT2D eigenvalue weighted by atomic mass is 32.2. The van der Waals surface area contributed by atoms with Crippen LogP contribution in [0.25, 0.3) is 0 Å². The smallest absolute Gasteiger partial charge is 0.215 e. The molecule has 4 nitrogen and oxygen atoms in total. The molecule has 0 rings (SSSR count). The van der Waals surface area contributed by atoms with Gasteiger partial charge in [-0.2, -0.15) is 0 Å². The largest absolute Gasteiger partial charge is 0.316 e. The van der Waals surface area contributed by atoms with Gasteiger partial charge in [0.2, 0.25) is 10.0 Å². The molecule has 5 heteroatoms. The number of nitrogens with zero attached hydrogens (tertiary/aromatic N) is 1. The average molecular weight is 236 g/mol. The predicted molar refractivity (Wildman–Crippen MR) is 64.4 cm³/mol. The lowest BCUT2D eigenvalue weighted by molar-refractivity contribution is 0.427. The van der Waals surface area contributed by atoms with E-state index < -0.39 is 10.0 Å². The highest BCUT2D eigenvalue weighted by molar-refractivity contribution is 7.89. The Labute approximate surface area is 94.1 Å². The predicted octanol–water partition coefficient (Wildman–Crippen LogP) is 0.904. The Kier molecular flexibility index (Phi) is 7.13. The summed E-state index contributed by atoms with van der Waals surface area (Å²) in [5, 5.41) is 3.02. The fraction of sp³-hybridized carbons (Fsp3) is 1.00. The second-order valence-corrected chi connectivity index (χ2v) is 6.37. The zero-order valence-electron chi connectivity index (χ0n) is 10.3. The van der Waals surface area contributed by atoms with E-state index in [-0.39, 0.29) is 5.75 Å². The molecule has 0 amide bonds. The van der Waals surface area contributed by atoms with Crippen LogP contribution in [0.1, 0.15) is 27.2 Å². The van der Waals surface area contributed by atoms with Crippen molar-refractivity contribution in [1.29, 1.82) is 0 Å². The van der Waals surface area contributed by atoms with E-state index in [4.69, 9.17) is 0 Å². The molecule has 0 aromatic carbocycles. The minimum absolute atomic E-state index is 0.190. The van der Waals surface area contributed by atoms with Crippen LogP contribution in [0.3, 0.4) is 0 Å². The summed E-state index contributed by atoms with van der Waals surface area (Å²) in [5.74, 6) is 0.728. The van der Waals surface area contributed by atoms with Crippen molar-refractivity contribution in [3.63, 3.8) is 0 Å². The number of hydrogen-bond donors (Lipinski definition) is 1. The third-order valence-corrected chi connectivity index (χ3v) is 4.14. The van der Waals surface area contributed by atoms with Crippen LogP contribution in [0, 0.1) is 5.92 Å². The summed E-state index contributed by atoms with van der Waals surface area (Å²) in [6.07, 6.45) is 0.914. The molecule has 92 valence electrons. The Morgan fingerprint density at radius 3 is 2.40 bits per heavy atom. The second-order valence-electron chi connectivity index (χ2n) is 4.17. The normalized spacial score (nSPS) is 12.7. The minimum atomic E-state index is -3.06. The van der Waals surface area contributed by atoms with Crippen molar-refractivity contribution < 1.29 is 8.42 Å². The SMILES string of the molecule is CCNCCS(=O)(=O)N(C)CCC(C)C. The first-order valence-corrected chi connectivity index (χ1v) is 7.15. The summed E-state index contributed by atoms with van der Waals surface area (Å²) < 4.78 is 24.9. The molecule has 0 atom stereocenters. The molecule has 0 saturated carbocycles. The van der Waals surface area contributed by atoms with Gasteiger partial charge in [-0.1, -0.05) is 20.8 Å². The molecule has 0 heterocycles. The average Bonchev–Trinajstić information content (AvgIpc) is 2.14. The highest BCUT2D eigenvalue weighted by Gasteiger charge is 2.16. The Morgan fingerprint density at radius 1 is 1.33 bits per heavy atom. The van der Waals surface area contributed by atoms with Crippen molar-refractivity contribution in [2.45, 2.75) is 27.2 Å². The first-order chi connectivity index (χ1) is 6.90. The van der Waals surface area contributed by atoms with Gasteiger partial charge in [-0.05, 0) is 18.9 Å². The fourth-order valence-corrected chi connectivity index (χ4v) is 2.21. The highest BCUT2D eigenvalue weighted by Crippen LogP contribution is 2.04. The Hall–Kier alpha value is -0.130. The summed E-state index contributed by atoms with van der Waals surface area (Å²) in [6.45, 7) is 8.12. The van der Waals surface area contributed by atoms with E-state index in [0.717, 1.165) is 13.0 Å². The summed E-state index contributed by atoms with van der Waals surface area (Å²) in [4.78, 5) is 0. The van der Waals surface area contributed by atoms with E-state index in [0.29, 0.717) is 19.0 Å². The lowest BCUT2D eigenvalue weighted by Crippen LogP contribution is -2.34. The van der Waals surface area contributed by atoms with Crippen LogP contribution in [-0.4, -0.2) is 45.2 Å². The molecule has 0 aromatic heterocycles. The molecule has 0 fully saturated rings. The monoisotopic (exact) mass is 236 g/mol. The van der Waals surface area contributed by atoms with Crippen molar-refractivity contribution in [2.75, 3.05) is 32.4 Å². The number of sulfonamides is 1. The molecule has 0 saturated heterocycles. The number of nitrogens with one attached hydrogen (secondary N) is 1. The van der Waals surface area contributed by atoms with E-state index >= 15 is 0 Å². The molecule has 0 aliphatic heterocycles. The van der Waals surface area contributed by atoms with Crippen LogP contribution < -0.4 is 5.32 Å². The zero-order chi connectivity index (χ0) is 11.9. The molecule has 0 aliphatic rings. The van der Waals surface area contributed by atoms with E-state index in [2.05, 4.69) is 19.2 Å². The molecule has 0 radical (unpaired) electrons. The molecule has 0 bridgehead atoms. The summed E-state index contributed by atoms with van der Waals surface area (Å²) in [5.41, 5.74) is 0. The van der Waals surface area contributed by atoms with E-state index in [9.17, 15) is 8.42 Å². The van der Waals surface area contributed by atoms with Crippen molar-refractivity contribution in [3.05, 3.63) is 0 Å². The van der Waals surface area contributed by atoms with Gasteiger partial charge in [0.15, 0.2) is 0 Å². The molecule has 0 aromatic rings. The van der Waals surface area contributed by atoms with Gasteiger partial charge in [0.05, 0.1) is 5.75 Å². The Bertz CT molecular complexity index is 250. The number of rotatable bonds is 8.